The second-order valence-corrected chi connectivity index (χ2v) is 10.1. The van der Waals surface area contributed by atoms with Crippen molar-refractivity contribution in [2.24, 2.45) is 5.73 Å². The van der Waals surface area contributed by atoms with E-state index in [-0.39, 0.29) is 11.7 Å². The van der Waals surface area contributed by atoms with E-state index in [4.69, 9.17) is 5.73 Å². The van der Waals surface area contributed by atoms with Crippen molar-refractivity contribution < 1.29 is 4.79 Å². The average molecular weight is 445 g/mol. The third-order valence-corrected chi connectivity index (χ3v) is 8.42. The van der Waals surface area contributed by atoms with Gasteiger partial charge in [0, 0.05) is 25.2 Å². The summed E-state index contributed by atoms with van der Waals surface area (Å²) in [5.74, 6) is 0.240. The SMILES string of the molecule is CC(C(N)=O)n1c(=O)n(C2CCN(C3CC4CCCc5cccc3c54)CC2)c2ccccc21. The number of nitrogens with two attached hydrogens (primary N) is 1. The number of carbonyl (C=O) groups excluding carboxylic acids is 1. The van der Waals surface area contributed by atoms with E-state index < -0.39 is 11.9 Å². The molecule has 33 heavy (non-hydrogen) atoms. The Hall–Kier alpha value is -2.86. The fraction of sp³-hybridized carbons (Fsp3) is 0.481. The number of primary amides is 1. The zero-order chi connectivity index (χ0) is 22.7. The molecule has 1 aromatic heterocycles. The predicted molar refractivity (Wildman–Crippen MR) is 129 cm³/mol. The Kier molecular flexibility index (Phi) is 4.94. The van der Waals surface area contributed by atoms with Crippen LogP contribution in [0, 0.1) is 0 Å². The minimum absolute atomic E-state index is 0.122. The first-order chi connectivity index (χ1) is 16.0. The number of imidazole rings is 1. The normalized spacial score (nSPS) is 24.2. The molecule has 3 aliphatic rings. The van der Waals surface area contributed by atoms with Gasteiger partial charge in [-0.2, -0.15) is 0 Å². The molecular weight excluding hydrogens is 412 g/mol. The number of aryl methyl sites for hydroxylation is 1. The number of benzene rings is 2. The summed E-state index contributed by atoms with van der Waals surface area (Å²) in [5.41, 5.74) is 11.9. The lowest BCUT2D eigenvalue weighted by molar-refractivity contribution is -0.120. The highest BCUT2D eigenvalue weighted by molar-refractivity contribution is 5.82. The van der Waals surface area contributed by atoms with E-state index in [1.165, 1.54) is 25.7 Å². The molecule has 3 unspecified atom stereocenters. The highest BCUT2D eigenvalue weighted by Crippen LogP contribution is 2.50. The maximum Gasteiger partial charge on any atom is 0.330 e. The first-order valence-corrected chi connectivity index (χ1v) is 12.4. The van der Waals surface area contributed by atoms with Gasteiger partial charge in [0.05, 0.1) is 11.0 Å². The van der Waals surface area contributed by atoms with Crippen molar-refractivity contribution in [2.75, 3.05) is 13.1 Å². The molecule has 2 heterocycles. The third-order valence-electron chi connectivity index (χ3n) is 8.42. The monoisotopic (exact) mass is 444 g/mol. The van der Waals surface area contributed by atoms with Crippen LogP contribution in [0.25, 0.3) is 11.0 Å². The van der Waals surface area contributed by atoms with E-state index in [1.807, 2.05) is 28.8 Å². The lowest BCUT2D eigenvalue weighted by Gasteiger charge is -2.37. The smallest absolute Gasteiger partial charge is 0.330 e. The Morgan fingerprint density at radius 3 is 2.55 bits per heavy atom. The van der Waals surface area contributed by atoms with Crippen LogP contribution in [0.5, 0.6) is 0 Å². The van der Waals surface area contributed by atoms with E-state index in [2.05, 4.69) is 23.1 Å². The largest absolute Gasteiger partial charge is 0.368 e. The van der Waals surface area contributed by atoms with Crippen LogP contribution in [0.3, 0.4) is 0 Å². The number of amides is 1. The van der Waals surface area contributed by atoms with E-state index in [9.17, 15) is 9.59 Å². The molecule has 1 fully saturated rings. The maximum absolute atomic E-state index is 13.5. The van der Waals surface area contributed by atoms with Crippen molar-refractivity contribution in [1.82, 2.24) is 14.0 Å². The van der Waals surface area contributed by atoms with Crippen LogP contribution in [0.4, 0.5) is 0 Å². The molecule has 2 aromatic carbocycles. The summed E-state index contributed by atoms with van der Waals surface area (Å²) in [6.07, 6.45) is 6.98. The molecule has 0 bridgehead atoms. The summed E-state index contributed by atoms with van der Waals surface area (Å²) in [6.45, 7) is 3.68. The molecule has 1 aliphatic heterocycles. The number of fused-ring (bicyclic) bond motifs is 1. The van der Waals surface area contributed by atoms with Gasteiger partial charge in [-0.25, -0.2) is 4.79 Å². The lowest BCUT2D eigenvalue weighted by atomic mass is 9.84. The Morgan fingerprint density at radius 1 is 1.03 bits per heavy atom. The summed E-state index contributed by atoms with van der Waals surface area (Å²) in [5, 5.41) is 0. The summed E-state index contributed by atoms with van der Waals surface area (Å²) >= 11 is 0. The van der Waals surface area contributed by atoms with Crippen molar-refractivity contribution in [1.29, 1.82) is 0 Å². The fourth-order valence-corrected chi connectivity index (χ4v) is 6.80. The standard InChI is InChI=1S/C27H32N4O2/c1-17(26(28)32)30-22-10-2-3-11-23(22)31(27(30)33)20-12-14-29(15-13-20)24-16-19-8-4-6-18-7-5-9-21(24)25(18)19/h2-3,5,7,9-11,17,19-20,24H,4,6,8,12-16H2,1H3,(H2,28,32). The highest BCUT2D eigenvalue weighted by atomic mass is 16.2. The third kappa shape index (κ3) is 3.18. The first-order valence-electron chi connectivity index (χ1n) is 12.4. The molecular formula is C27H32N4O2. The number of likely N-dealkylation sites (tertiary alicyclic amines) is 1. The van der Waals surface area contributed by atoms with Crippen LogP contribution in [-0.2, 0) is 11.2 Å². The summed E-state index contributed by atoms with van der Waals surface area (Å²) < 4.78 is 3.49. The number of piperidine rings is 1. The predicted octanol–water partition coefficient (Wildman–Crippen LogP) is 4.05. The number of aromatic nitrogens is 2. The molecule has 1 amide bonds. The topological polar surface area (TPSA) is 73.3 Å². The molecule has 0 radical (unpaired) electrons. The zero-order valence-electron chi connectivity index (χ0n) is 19.2. The second-order valence-electron chi connectivity index (χ2n) is 10.1. The lowest BCUT2D eigenvalue weighted by Crippen LogP contribution is -2.40. The molecule has 2 N–H and O–H groups in total. The van der Waals surface area contributed by atoms with Crippen molar-refractivity contribution >= 4 is 16.9 Å². The Labute approximate surface area is 194 Å². The van der Waals surface area contributed by atoms with Gasteiger partial charge in [-0.05, 0) is 80.2 Å². The van der Waals surface area contributed by atoms with E-state index in [1.54, 1.807) is 28.2 Å². The summed E-state index contributed by atoms with van der Waals surface area (Å²) in [7, 11) is 0. The zero-order valence-corrected chi connectivity index (χ0v) is 19.2. The van der Waals surface area contributed by atoms with Crippen LogP contribution in [-0.4, -0.2) is 33.0 Å². The Bertz CT molecular complexity index is 1280. The van der Waals surface area contributed by atoms with Crippen LogP contribution in [0.2, 0.25) is 0 Å². The molecule has 172 valence electrons. The molecule has 6 nitrogen and oxygen atoms in total. The fourth-order valence-electron chi connectivity index (χ4n) is 6.80. The van der Waals surface area contributed by atoms with Gasteiger partial charge in [-0.3, -0.25) is 18.8 Å². The number of nitrogens with zero attached hydrogens (tertiary/aromatic N) is 3. The van der Waals surface area contributed by atoms with E-state index >= 15 is 0 Å². The Balaban J connectivity index is 1.28. The molecule has 2 aliphatic carbocycles. The van der Waals surface area contributed by atoms with Gasteiger partial charge in [0.1, 0.15) is 6.04 Å². The molecule has 0 spiro atoms. The van der Waals surface area contributed by atoms with Gasteiger partial charge < -0.3 is 5.73 Å². The van der Waals surface area contributed by atoms with Crippen molar-refractivity contribution in [3.05, 3.63) is 69.6 Å². The van der Waals surface area contributed by atoms with E-state index in [0.29, 0.717) is 6.04 Å². The number of hydrogen-bond donors (Lipinski definition) is 1. The van der Waals surface area contributed by atoms with Gasteiger partial charge in [0.25, 0.3) is 0 Å². The van der Waals surface area contributed by atoms with Crippen LogP contribution in [0.15, 0.2) is 47.3 Å². The average Bonchev–Trinajstić information content (AvgIpc) is 3.35. The van der Waals surface area contributed by atoms with E-state index in [0.717, 1.165) is 42.9 Å². The van der Waals surface area contributed by atoms with Crippen LogP contribution < -0.4 is 11.4 Å². The second kappa shape index (κ2) is 7.87. The minimum Gasteiger partial charge on any atom is -0.368 e. The molecule has 6 rings (SSSR count). The van der Waals surface area contributed by atoms with Gasteiger partial charge in [-0.1, -0.05) is 30.3 Å². The molecule has 6 heteroatoms. The number of hydrogen-bond acceptors (Lipinski definition) is 3. The van der Waals surface area contributed by atoms with Crippen molar-refractivity contribution in [3.63, 3.8) is 0 Å². The molecule has 1 saturated heterocycles. The summed E-state index contributed by atoms with van der Waals surface area (Å²) in [6, 6.07) is 14.7. The van der Waals surface area contributed by atoms with Gasteiger partial charge >= 0.3 is 5.69 Å². The number of carbonyl (C=O) groups is 1. The molecule has 0 saturated carbocycles. The number of rotatable bonds is 4. The van der Waals surface area contributed by atoms with Gasteiger partial charge in [0.2, 0.25) is 5.91 Å². The quantitative estimate of drug-likeness (QED) is 0.660. The first kappa shape index (κ1) is 20.7. The minimum atomic E-state index is -0.667. The Morgan fingerprint density at radius 2 is 1.79 bits per heavy atom. The van der Waals surface area contributed by atoms with Gasteiger partial charge in [-0.15, -0.1) is 0 Å². The van der Waals surface area contributed by atoms with Crippen LogP contribution in [0.1, 0.15) is 79.8 Å². The maximum atomic E-state index is 13.5. The molecule has 3 atom stereocenters. The van der Waals surface area contributed by atoms with Gasteiger partial charge in [0.15, 0.2) is 0 Å². The highest BCUT2D eigenvalue weighted by Gasteiger charge is 2.39. The molecule has 3 aromatic rings. The van der Waals surface area contributed by atoms with Crippen molar-refractivity contribution in [3.8, 4) is 0 Å². The summed E-state index contributed by atoms with van der Waals surface area (Å²) in [4.78, 5) is 28.0. The number of para-hydroxylation sites is 2. The van der Waals surface area contributed by atoms with Crippen LogP contribution >= 0.6 is 0 Å². The van der Waals surface area contributed by atoms with Crippen molar-refractivity contribution in [2.45, 2.75) is 69.5 Å².